The Bertz CT molecular complexity index is 524. The Kier molecular flexibility index (Phi) is 4.73. The van der Waals surface area contributed by atoms with Gasteiger partial charge in [0.1, 0.15) is 0 Å². The lowest BCUT2D eigenvalue weighted by molar-refractivity contribution is -0.678. The molecular formula is C17H24N3O2+. The Morgan fingerprint density at radius 1 is 1.23 bits per heavy atom. The fourth-order valence-corrected chi connectivity index (χ4v) is 3.40. The normalized spacial score (nSPS) is 23.2. The van der Waals surface area contributed by atoms with Crippen LogP contribution in [0.2, 0.25) is 0 Å². The Labute approximate surface area is 131 Å². The Morgan fingerprint density at radius 2 is 1.95 bits per heavy atom. The van der Waals surface area contributed by atoms with Crippen molar-refractivity contribution in [1.29, 1.82) is 0 Å². The molecule has 1 aromatic carbocycles. The van der Waals surface area contributed by atoms with Crippen LogP contribution < -0.4 is 10.6 Å². The second-order valence-corrected chi connectivity index (χ2v) is 6.19. The van der Waals surface area contributed by atoms with Gasteiger partial charge in [-0.15, -0.1) is 0 Å². The van der Waals surface area contributed by atoms with E-state index in [-0.39, 0.29) is 17.9 Å². The van der Waals surface area contributed by atoms with Crippen LogP contribution in [0.3, 0.4) is 0 Å². The van der Waals surface area contributed by atoms with Gasteiger partial charge < -0.3 is 15.5 Å². The van der Waals surface area contributed by atoms with E-state index in [0.29, 0.717) is 18.9 Å². The molecule has 2 aliphatic rings. The number of nitrogens with one attached hydrogen (secondary N) is 1. The predicted octanol–water partition coefficient (Wildman–Crippen LogP) is -0.155. The van der Waals surface area contributed by atoms with Crippen LogP contribution in [0.5, 0.6) is 0 Å². The number of rotatable bonds is 3. The van der Waals surface area contributed by atoms with Gasteiger partial charge in [-0.3, -0.25) is 9.59 Å². The molecule has 22 heavy (non-hydrogen) atoms. The van der Waals surface area contributed by atoms with Gasteiger partial charge in [0, 0.05) is 13.1 Å². The summed E-state index contributed by atoms with van der Waals surface area (Å²) in [5.74, 6) is 0.665. The Morgan fingerprint density at radius 3 is 2.64 bits per heavy atom. The number of piperazine rings is 1. The van der Waals surface area contributed by atoms with Gasteiger partial charge in [-0.1, -0.05) is 30.3 Å². The maximum Gasteiger partial charge on any atom is 0.278 e. The SMILES string of the molecule is O=C1NCC[NH2+][C@@H]1CC(=O)N1CCC(c2ccccc2)CC1. The van der Waals surface area contributed by atoms with E-state index in [1.54, 1.807) is 0 Å². The van der Waals surface area contributed by atoms with Gasteiger partial charge in [0.2, 0.25) is 5.91 Å². The first-order valence-electron chi connectivity index (χ1n) is 8.18. The zero-order chi connectivity index (χ0) is 15.4. The molecule has 5 nitrogen and oxygen atoms in total. The smallest absolute Gasteiger partial charge is 0.278 e. The molecule has 0 aromatic heterocycles. The molecule has 2 heterocycles. The predicted molar refractivity (Wildman–Crippen MR) is 83.2 cm³/mol. The summed E-state index contributed by atoms with van der Waals surface area (Å²) in [7, 11) is 0. The van der Waals surface area contributed by atoms with Crippen molar-refractivity contribution in [2.45, 2.75) is 31.2 Å². The van der Waals surface area contributed by atoms with Crippen LogP contribution in [0.4, 0.5) is 0 Å². The molecule has 1 atom stereocenters. The van der Waals surface area contributed by atoms with Crippen molar-refractivity contribution in [1.82, 2.24) is 10.2 Å². The molecule has 1 aromatic rings. The molecule has 0 spiro atoms. The third-order valence-corrected chi connectivity index (χ3v) is 4.74. The molecule has 2 amide bonds. The van der Waals surface area contributed by atoms with Crippen molar-refractivity contribution < 1.29 is 14.9 Å². The molecule has 0 unspecified atom stereocenters. The van der Waals surface area contributed by atoms with Gasteiger partial charge in [-0.25, -0.2) is 0 Å². The van der Waals surface area contributed by atoms with Crippen molar-refractivity contribution in [3.63, 3.8) is 0 Å². The second kappa shape index (κ2) is 6.92. The minimum Gasteiger partial charge on any atom is -0.345 e. The van der Waals surface area contributed by atoms with Crippen LogP contribution in [0.25, 0.3) is 0 Å². The highest BCUT2D eigenvalue weighted by Crippen LogP contribution is 2.27. The van der Waals surface area contributed by atoms with Gasteiger partial charge >= 0.3 is 0 Å². The van der Waals surface area contributed by atoms with E-state index in [9.17, 15) is 9.59 Å². The largest absolute Gasteiger partial charge is 0.345 e. The average Bonchev–Trinajstić information content (AvgIpc) is 2.58. The molecule has 0 aliphatic carbocycles. The zero-order valence-corrected chi connectivity index (χ0v) is 12.8. The van der Waals surface area contributed by atoms with E-state index in [1.807, 2.05) is 16.3 Å². The number of nitrogens with zero attached hydrogens (tertiary/aromatic N) is 1. The highest BCUT2D eigenvalue weighted by molar-refractivity contribution is 5.87. The van der Waals surface area contributed by atoms with E-state index in [0.717, 1.165) is 32.5 Å². The third kappa shape index (κ3) is 3.47. The van der Waals surface area contributed by atoms with E-state index in [2.05, 4.69) is 29.6 Å². The van der Waals surface area contributed by atoms with Gasteiger partial charge in [0.25, 0.3) is 5.91 Å². The lowest BCUT2D eigenvalue weighted by atomic mass is 9.89. The average molecular weight is 302 g/mol. The maximum absolute atomic E-state index is 12.4. The van der Waals surface area contributed by atoms with Crippen LogP contribution in [-0.4, -0.2) is 48.9 Å². The van der Waals surface area contributed by atoms with Gasteiger partial charge in [0.05, 0.1) is 19.5 Å². The number of carbonyl (C=O) groups is 2. The number of hydrogen-bond acceptors (Lipinski definition) is 2. The number of amides is 2. The van der Waals surface area contributed by atoms with Crippen molar-refractivity contribution in [2.24, 2.45) is 0 Å². The molecule has 2 saturated heterocycles. The molecule has 3 rings (SSSR count). The standard InChI is InChI=1S/C17H23N3O2/c21-16(12-15-17(22)19-9-8-18-15)20-10-6-14(7-11-20)13-4-2-1-3-5-13/h1-5,14-15,18H,6-12H2,(H,19,22)/p+1/t15-/m1/s1. The molecule has 118 valence electrons. The zero-order valence-electron chi connectivity index (χ0n) is 12.8. The first kappa shape index (κ1) is 15.0. The molecule has 0 bridgehead atoms. The molecule has 2 aliphatic heterocycles. The third-order valence-electron chi connectivity index (χ3n) is 4.74. The minimum absolute atomic E-state index is 0.00114. The first-order chi connectivity index (χ1) is 10.7. The van der Waals surface area contributed by atoms with Crippen molar-refractivity contribution in [3.8, 4) is 0 Å². The van der Waals surface area contributed by atoms with E-state index < -0.39 is 0 Å². The van der Waals surface area contributed by atoms with Crippen LogP contribution >= 0.6 is 0 Å². The van der Waals surface area contributed by atoms with Crippen molar-refractivity contribution in [3.05, 3.63) is 35.9 Å². The highest BCUT2D eigenvalue weighted by Gasteiger charge is 2.31. The molecule has 0 radical (unpaired) electrons. The summed E-state index contributed by atoms with van der Waals surface area (Å²) in [5, 5.41) is 4.81. The number of benzene rings is 1. The fourth-order valence-electron chi connectivity index (χ4n) is 3.40. The van der Waals surface area contributed by atoms with Gasteiger partial charge in [-0.05, 0) is 24.3 Å². The summed E-state index contributed by atoms with van der Waals surface area (Å²) < 4.78 is 0. The summed E-state index contributed by atoms with van der Waals surface area (Å²) in [5.41, 5.74) is 1.37. The number of likely N-dealkylation sites (tertiary alicyclic amines) is 1. The van der Waals surface area contributed by atoms with E-state index in [4.69, 9.17) is 0 Å². The highest BCUT2D eigenvalue weighted by atomic mass is 16.2. The van der Waals surface area contributed by atoms with E-state index >= 15 is 0 Å². The Hall–Kier alpha value is -1.88. The molecule has 3 N–H and O–H groups in total. The van der Waals surface area contributed by atoms with Crippen LogP contribution in [0.15, 0.2) is 30.3 Å². The molecule has 5 heteroatoms. The molecule has 0 saturated carbocycles. The number of carbonyl (C=O) groups excluding carboxylic acids is 2. The Balaban J connectivity index is 1.50. The summed E-state index contributed by atoms with van der Waals surface area (Å²) in [6, 6.07) is 10.3. The lowest BCUT2D eigenvalue weighted by Crippen LogP contribution is -2.96. The summed E-state index contributed by atoms with van der Waals surface area (Å²) in [6.45, 7) is 3.16. The van der Waals surface area contributed by atoms with Crippen LogP contribution in [-0.2, 0) is 9.59 Å². The second-order valence-electron chi connectivity index (χ2n) is 6.19. The summed E-state index contributed by atoms with van der Waals surface area (Å²) >= 11 is 0. The number of piperidine rings is 1. The topological polar surface area (TPSA) is 66.0 Å². The van der Waals surface area contributed by atoms with Gasteiger partial charge in [-0.2, -0.15) is 0 Å². The monoisotopic (exact) mass is 302 g/mol. The fraction of sp³-hybridized carbons (Fsp3) is 0.529. The van der Waals surface area contributed by atoms with Crippen LogP contribution in [0.1, 0.15) is 30.7 Å². The minimum atomic E-state index is -0.243. The van der Waals surface area contributed by atoms with E-state index in [1.165, 1.54) is 5.56 Å². The van der Waals surface area contributed by atoms with Crippen molar-refractivity contribution >= 4 is 11.8 Å². The molecular weight excluding hydrogens is 278 g/mol. The maximum atomic E-state index is 12.4. The quantitative estimate of drug-likeness (QED) is 0.815. The van der Waals surface area contributed by atoms with Crippen molar-refractivity contribution in [2.75, 3.05) is 26.2 Å². The number of quaternary nitrogens is 1. The lowest BCUT2D eigenvalue weighted by Gasteiger charge is -2.33. The number of hydrogen-bond donors (Lipinski definition) is 2. The van der Waals surface area contributed by atoms with Gasteiger partial charge in [0.15, 0.2) is 6.04 Å². The summed E-state index contributed by atoms with van der Waals surface area (Å²) in [4.78, 5) is 26.0. The molecule has 2 fully saturated rings. The van der Waals surface area contributed by atoms with Crippen LogP contribution in [0, 0.1) is 0 Å². The first-order valence-corrected chi connectivity index (χ1v) is 8.18. The number of nitrogens with two attached hydrogens (primary N) is 1. The summed E-state index contributed by atoms with van der Waals surface area (Å²) in [6.07, 6.45) is 2.34.